The van der Waals surface area contributed by atoms with Gasteiger partial charge in [0.1, 0.15) is 0 Å². The van der Waals surface area contributed by atoms with E-state index in [1.807, 2.05) is 31.2 Å². The molecule has 0 aliphatic heterocycles. The topological polar surface area (TPSA) is 77.0 Å². The molecule has 2 unspecified atom stereocenters. The van der Waals surface area contributed by atoms with Crippen molar-refractivity contribution in [2.45, 2.75) is 52.1 Å². The smallest absolute Gasteiger partial charge is 0.253 e. The van der Waals surface area contributed by atoms with Crippen LogP contribution in [0.2, 0.25) is 0 Å². The highest BCUT2D eigenvalue weighted by molar-refractivity contribution is 5.94. The summed E-state index contributed by atoms with van der Waals surface area (Å²) in [4.78, 5) is 18.4. The lowest BCUT2D eigenvalue weighted by Crippen LogP contribution is -2.42. The fourth-order valence-corrected chi connectivity index (χ4v) is 3.61. The Morgan fingerprint density at radius 2 is 2.11 bits per heavy atom. The van der Waals surface area contributed by atoms with Crippen molar-refractivity contribution in [3.63, 3.8) is 0 Å². The maximum Gasteiger partial charge on any atom is 0.253 e. The Kier molecular flexibility index (Phi) is 8.30. The van der Waals surface area contributed by atoms with Crippen molar-refractivity contribution < 1.29 is 9.90 Å². The summed E-state index contributed by atoms with van der Waals surface area (Å²) in [6.07, 6.45) is 4.69. The van der Waals surface area contributed by atoms with E-state index in [0.717, 1.165) is 56.7 Å². The maximum absolute atomic E-state index is 12.1. The first kappa shape index (κ1) is 22.2. The average Bonchev–Trinajstić information content (AvgIpc) is 2.68. The summed E-state index contributed by atoms with van der Waals surface area (Å²) in [6.45, 7) is 6.32. The van der Waals surface area contributed by atoms with E-state index in [1.165, 1.54) is 0 Å². The van der Waals surface area contributed by atoms with Gasteiger partial charge < -0.3 is 20.6 Å². The zero-order valence-corrected chi connectivity index (χ0v) is 17.8. The average molecular weight is 389 g/mol. The molecule has 6 heteroatoms. The van der Waals surface area contributed by atoms with Gasteiger partial charge in [0.05, 0.1) is 12.6 Å². The number of amides is 1. The number of rotatable bonds is 7. The lowest BCUT2D eigenvalue weighted by atomic mass is 9.73. The molecule has 0 heterocycles. The van der Waals surface area contributed by atoms with E-state index in [-0.39, 0.29) is 17.4 Å². The van der Waals surface area contributed by atoms with Gasteiger partial charge in [0.2, 0.25) is 0 Å². The minimum atomic E-state index is -0.273. The number of carbonyl (C=O) groups excluding carboxylic acids is 1. The lowest BCUT2D eigenvalue weighted by Gasteiger charge is -2.37. The summed E-state index contributed by atoms with van der Waals surface area (Å²) in [5.41, 5.74) is 1.69. The summed E-state index contributed by atoms with van der Waals surface area (Å²) in [5, 5.41) is 17.0. The number of nitrogens with zero attached hydrogens (tertiary/aromatic N) is 2. The molecule has 28 heavy (non-hydrogen) atoms. The van der Waals surface area contributed by atoms with E-state index < -0.39 is 0 Å². The van der Waals surface area contributed by atoms with Gasteiger partial charge in [-0.3, -0.25) is 9.79 Å². The van der Waals surface area contributed by atoms with Crippen molar-refractivity contribution in [2.24, 2.45) is 10.4 Å². The van der Waals surface area contributed by atoms with Gasteiger partial charge in [-0.25, -0.2) is 0 Å². The maximum atomic E-state index is 12.1. The van der Waals surface area contributed by atoms with Crippen molar-refractivity contribution in [3.8, 4) is 0 Å². The van der Waals surface area contributed by atoms with E-state index in [4.69, 9.17) is 4.99 Å². The van der Waals surface area contributed by atoms with Gasteiger partial charge in [-0.05, 0) is 43.9 Å². The highest BCUT2D eigenvalue weighted by Gasteiger charge is 2.35. The molecule has 0 saturated heterocycles. The van der Waals surface area contributed by atoms with Crippen LogP contribution >= 0.6 is 0 Å². The standard InChI is InChI=1S/C22H36N4O2/c1-5-23-21(25-16-22(2)13-7-6-11-19(22)27)24-14-12-17-9-8-10-18(15-17)20(28)26(3)4/h8-10,15,19,27H,5-7,11-14,16H2,1-4H3,(H2,23,24,25). The van der Waals surface area contributed by atoms with E-state index in [2.05, 4.69) is 17.6 Å². The lowest BCUT2D eigenvalue weighted by molar-refractivity contribution is 0.00716. The van der Waals surface area contributed by atoms with Crippen LogP contribution in [0.5, 0.6) is 0 Å². The monoisotopic (exact) mass is 388 g/mol. The summed E-state index contributed by atoms with van der Waals surface area (Å²) in [6, 6.07) is 7.77. The van der Waals surface area contributed by atoms with Gasteiger partial charge in [0, 0.05) is 38.2 Å². The summed E-state index contributed by atoms with van der Waals surface area (Å²) in [7, 11) is 3.53. The first-order valence-corrected chi connectivity index (χ1v) is 10.4. The molecule has 1 aliphatic rings. The van der Waals surface area contributed by atoms with E-state index in [1.54, 1.807) is 19.0 Å². The Labute approximate surface area is 169 Å². The highest BCUT2D eigenvalue weighted by Crippen LogP contribution is 2.36. The molecule has 1 aliphatic carbocycles. The van der Waals surface area contributed by atoms with Crippen molar-refractivity contribution in [3.05, 3.63) is 35.4 Å². The number of hydrogen-bond acceptors (Lipinski definition) is 3. The predicted molar refractivity (Wildman–Crippen MR) is 115 cm³/mol. The Morgan fingerprint density at radius 1 is 1.32 bits per heavy atom. The van der Waals surface area contributed by atoms with Crippen LogP contribution < -0.4 is 10.6 Å². The third-order valence-corrected chi connectivity index (χ3v) is 5.51. The molecule has 2 rings (SSSR count). The van der Waals surface area contributed by atoms with Crippen molar-refractivity contribution in [2.75, 3.05) is 33.7 Å². The fraction of sp³-hybridized carbons (Fsp3) is 0.636. The van der Waals surface area contributed by atoms with Gasteiger partial charge in [-0.2, -0.15) is 0 Å². The molecule has 6 nitrogen and oxygen atoms in total. The molecule has 1 aromatic rings. The molecule has 3 N–H and O–H groups in total. The number of carbonyl (C=O) groups is 1. The minimum Gasteiger partial charge on any atom is -0.392 e. The quantitative estimate of drug-likeness (QED) is 0.495. The number of aliphatic hydroxyl groups excluding tert-OH is 1. The Morgan fingerprint density at radius 3 is 2.79 bits per heavy atom. The van der Waals surface area contributed by atoms with Crippen molar-refractivity contribution >= 4 is 11.9 Å². The third-order valence-electron chi connectivity index (χ3n) is 5.51. The second kappa shape index (κ2) is 10.5. The summed E-state index contributed by atoms with van der Waals surface area (Å²) < 4.78 is 0. The molecule has 0 radical (unpaired) electrons. The van der Waals surface area contributed by atoms with Crippen LogP contribution in [0.15, 0.2) is 29.3 Å². The van der Waals surface area contributed by atoms with E-state index in [0.29, 0.717) is 12.1 Å². The number of guanidine groups is 1. The first-order chi connectivity index (χ1) is 13.4. The highest BCUT2D eigenvalue weighted by atomic mass is 16.3. The largest absolute Gasteiger partial charge is 0.392 e. The van der Waals surface area contributed by atoms with Crippen LogP contribution in [0.4, 0.5) is 0 Å². The zero-order valence-electron chi connectivity index (χ0n) is 17.8. The Balaban J connectivity index is 1.93. The normalized spacial score (nSPS) is 22.6. The molecular weight excluding hydrogens is 352 g/mol. The third kappa shape index (κ3) is 6.23. The van der Waals surface area contributed by atoms with E-state index >= 15 is 0 Å². The molecule has 1 fully saturated rings. The Hall–Kier alpha value is -2.08. The molecule has 1 aromatic carbocycles. The predicted octanol–water partition coefficient (Wildman–Crippen LogP) is 2.43. The van der Waals surface area contributed by atoms with Gasteiger partial charge >= 0.3 is 0 Å². The minimum absolute atomic E-state index is 0.0176. The second-order valence-electron chi connectivity index (χ2n) is 8.19. The number of nitrogens with one attached hydrogen (secondary N) is 2. The number of hydrogen-bond donors (Lipinski definition) is 3. The van der Waals surface area contributed by atoms with Crippen molar-refractivity contribution in [1.29, 1.82) is 0 Å². The van der Waals surface area contributed by atoms with Gasteiger partial charge in [0.25, 0.3) is 5.91 Å². The van der Waals surface area contributed by atoms with Crippen LogP contribution in [0.3, 0.4) is 0 Å². The fourth-order valence-electron chi connectivity index (χ4n) is 3.61. The van der Waals surface area contributed by atoms with Gasteiger partial charge in [0.15, 0.2) is 5.96 Å². The van der Waals surface area contributed by atoms with Gasteiger partial charge in [-0.15, -0.1) is 0 Å². The van der Waals surface area contributed by atoms with Crippen molar-refractivity contribution in [1.82, 2.24) is 15.5 Å². The molecule has 0 bridgehead atoms. The number of benzene rings is 1. The molecule has 1 saturated carbocycles. The Bertz CT molecular complexity index is 674. The van der Waals surface area contributed by atoms with Crippen LogP contribution in [0.25, 0.3) is 0 Å². The van der Waals surface area contributed by atoms with Crippen LogP contribution in [-0.4, -0.2) is 61.7 Å². The van der Waals surface area contributed by atoms with Crippen LogP contribution in [0.1, 0.15) is 55.5 Å². The van der Waals surface area contributed by atoms with Crippen LogP contribution in [0, 0.1) is 5.41 Å². The first-order valence-electron chi connectivity index (χ1n) is 10.4. The van der Waals surface area contributed by atoms with Crippen LogP contribution in [-0.2, 0) is 6.42 Å². The second-order valence-corrected chi connectivity index (χ2v) is 8.19. The molecule has 0 aromatic heterocycles. The number of aliphatic hydroxyl groups is 1. The molecule has 156 valence electrons. The molecule has 2 atom stereocenters. The SMILES string of the molecule is CCNC(=NCC1(C)CCCCC1O)NCCc1cccc(C(=O)N(C)C)c1. The van der Waals surface area contributed by atoms with E-state index in [9.17, 15) is 9.90 Å². The molecular formula is C22H36N4O2. The summed E-state index contributed by atoms with van der Waals surface area (Å²) in [5.74, 6) is 0.797. The summed E-state index contributed by atoms with van der Waals surface area (Å²) >= 11 is 0. The molecule has 0 spiro atoms. The number of aliphatic imine (C=N–C) groups is 1. The molecule has 1 amide bonds. The zero-order chi connectivity index (χ0) is 20.6. The van der Waals surface area contributed by atoms with Gasteiger partial charge in [-0.1, -0.05) is 31.9 Å².